The van der Waals surface area contributed by atoms with Crippen LogP contribution in [0, 0.1) is 0 Å². The number of carbonyl (C=O) groups excluding carboxylic acids is 1. The number of aromatic nitrogens is 1. The van der Waals surface area contributed by atoms with Crippen molar-refractivity contribution in [1.29, 1.82) is 0 Å². The molecule has 0 aliphatic heterocycles. The van der Waals surface area contributed by atoms with Crippen molar-refractivity contribution in [2.24, 2.45) is 0 Å². The van der Waals surface area contributed by atoms with Crippen molar-refractivity contribution in [3.63, 3.8) is 0 Å². The van der Waals surface area contributed by atoms with Gasteiger partial charge in [-0.25, -0.2) is 0 Å². The standard InChI is InChI=1S/C18H21ClN2O2/c1-13(18(23-2)15-4-6-16(19)7-5-15)21-17(22)8-3-14-9-11-20-12-10-14/h4-7,9-13,18H,3,8H2,1-2H3,(H,21,22). The van der Waals surface area contributed by atoms with Crippen LogP contribution in [0.1, 0.15) is 30.6 Å². The summed E-state index contributed by atoms with van der Waals surface area (Å²) in [7, 11) is 1.64. The van der Waals surface area contributed by atoms with E-state index in [-0.39, 0.29) is 18.1 Å². The van der Waals surface area contributed by atoms with Crippen LogP contribution in [0.15, 0.2) is 48.8 Å². The molecule has 0 radical (unpaired) electrons. The summed E-state index contributed by atoms with van der Waals surface area (Å²) in [5, 5.41) is 3.68. The molecule has 4 nitrogen and oxygen atoms in total. The van der Waals surface area contributed by atoms with Crippen molar-refractivity contribution in [2.45, 2.75) is 31.9 Å². The Balaban J connectivity index is 1.89. The highest BCUT2D eigenvalue weighted by atomic mass is 35.5. The molecule has 1 heterocycles. The van der Waals surface area contributed by atoms with Crippen LogP contribution < -0.4 is 5.32 Å². The molecule has 122 valence electrons. The van der Waals surface area contributed by atoms with Crippen LogP contribution in [0.5, 0.6) is 0 Å². The first-order valence-corrected chi connectivity index (χ1v) is 7.94. The van der Waals surface area contributed by atoms with Gasteiger partial charge in [-0.05, 0) is 48.7 Å². The van der Waals surface area contributed by atoms with E-state index >= 15 is 0 Å². The third-order valence-corrected chi connectivity index (χ3v) is 3.94. The number of hydrogen-bond acceptors (Lipinski definition) is 3. The minimum atomic E-state index is -0.211. The lowest BCUT2D eigenvalue weighted by Crippen LogP contribution is -2.37. The first kappa shape index (κ1) is 17.4. The van der Waals surface area contributed by atoms with Gasteiger partial charge in [-0.1, -0.05) is 23.7 Å². The summed E-state index contributed by atoms with van der Waals surface area (Å²) >= 11 is 5.91. The molecule has 1 amide bonds. The molecule has 5 heteroatoms. The SMILES string of the molecule is COC(c1ccc(Cl)cc1)C(C)NC(=O)CCc1ccncc1. The van der Waals surface area contributed by atoms with Gasteiger partial charge in [0.05, 0.1) is 6.04 Å². The van der Waals surface area contributed by atoms with Crippen LogP contribution in [0.3, 0.4) is 0 Å². The molecular formula is C18H21ClN2O2. The molecule has 0 bridgehead atoms. The van der Waals surface area contributed by atoms with Crippen LogP contribution in [-0.2, 0) is 16.0 Å². The van der Waals surface area contributed by atoms with Gasteiger partial charge in [0.1, 0.15) is 6.10 Å². The molecule has 0 spiro atoms. The monoisotopic (exact) mass is 332 g/mol. The lowest BCUT2D eigenvalue weighted by Gasteiger charge is -2.24. The third-order valence-electron chi connectivity index (χ3n) is 3.69. The number of pyridine rings is 1. The molecule has 1 aromatic carbocycles. The van der Waals surface area contributed by atoms with Crippen molar-refractivity contribution in [3.05, 3.63) is 64.9 Å². The van der Waals surface area contributed by atoms with Crippen LogP contribution >= 0.6 is 11.6 Å². The van der Waals surface area contributed by atoms with Gasteiger partial charge in [0.25, 0.3) is 0 Å². The maximum Gasteiger partial charge on any atom is 0.220 e. The largest absolute Gasteiger partial charge is 0.375 e. The van der Waals surface area contributed by atoms with E-state index in [1.54, 1.807) is 19.5 Å². The first-order valence-electron chi connectivity index (χ1n) is 7.56. The Morgan fingerprint density at radius 1 is 1.22 bits per heavy atom. The minimum Gasteiger partial charge on any atom is -0.375 e. The van der Waals surface area contributed by atoms with E-state index in [9.17, 15) is 4.79 Å². The third kappa shape index (κ3) is 5.34. The fourth-order valence-electron chi connectivity index (χ4n) is 2.49. The predicted octanol–water partition coefficient (Wildman–Crippen LogP) is 3.56. The maximum atomic E-state index is 12.1. The smallest absolute Gasteiger partial charge is 0.220 e. The predicted molar refractivity (Wildman–Crippen MR) is 91.4 cm³/mol. The van der Waals surface area contributed by atoms with Crippen molar-refractivity contribution >= 4 is 17.5 Å². The zero-order valence-corrected chi connectivity index (χ0v) is 14.1. The number of methoxy groups -OCH3 is 1. The summed E-state index contributed by atoms with van der Waals surface area (Å²) in [5.41, 5.74) is 2.09. The molecule has 0 aliphatic carbocycles. The fourth-order valence-corrected chi connectivity index (χ4v) is 2.62. The van der Waals surface area contributed by atoms with Crippen molar-refractivity contribution in [3.8, 4) is 0 Å². The number of hydrogen-bond donors (Lipinski definition) is 1. The summed E-state index contributed by atoms with van der Waals surface area (Å²) in [5.74, 6) is 0.00493. The fraction of sp³-hybridized carbons (Fsp3) is 0.333. The molecule has 0 saturated heterocycles. The summed E-state index contributed by atoms with van der Waals surface area (Å²) in [6.07, 6.45) is 4.39. The number of ether oxygens (including phenoxy) is 1. The zero-order valence-electron chi connectivity index (χ0n) is 13.3. The summed E-state index contributed by atoms with van der Waals surface area (Å²) in [6.45, 7) is 1.94. The van der Waals surface area contributed by atoms with Crippen LogP contribution in [-0.4, -0.2) is 24.0 Å². The molecule has 0 fully saturated rings. The second kappa shape index (κ2) is 8.65. The number of nitrogens with zero attached hydrogens (tertiary/aromatic N) is 1. The summed E-state index contributed by atoms with van der Waals surface area (Å²) in [6, 6.07) is 11.2. The van der Waals surface area contributed by atoms with Gasteiger partial charge in [0, 0.05) is 30.9 Å². The molecule has 2 rings (SSSR count). The summed E-state index contributed by atoms with van der Waals surface area (Å²) in [4.78, 5) is 16.1. The number of halogens is 1. The Bertz CT molecular complexity index is 617. The molecule has 1 aromatic heterocycles. The molecule has 2 atom stereocenters. The Hall–Kier alpha value is -1.91. The van der Waals surface area contributed by atoms with Gasteiger partial charge in [-0.2, -0.15) is 0 Å². The molecule has 23 heavy (non-hydrogen) atoms. The maximum absolute atomic E-state index is 12.1. The summed E-state index contributed by atoms with van der Waals surface area (Å²) < 4.78 is 5.54. The van der Waals surface area contributed by atoms with E-state index in [4.69, 9.17) is 16.3 Å². The highest BCUT2D eigenvalue weighted by Gasteiger charge is 2.20. The Morgan fingerprint density at radius 3 is 2.48 bits per heavy atom. The Kier molecular flexibility index (Phi) is 6.56. The van der Waals surface area contributed by atoms with Gasteiger partial charge in [0.2, 0.25) is 5.91 Å². The number of nitrogens with one attached hydrogen (secondary N) is 1. The quantitative estimate of drug-likeness (QED) is 0.843. The normalized spacial score (nSPS) is 13.3. The van der Waals surface area contributed by atoms with Crippen LogP contribution in [0.25, 0.3) is 0 Å². The van der Waals surface area contributed by atoms with E-state index in [1.165, 1.54) is 0 Å². The lowest BCUT2D eigenvalue weighted by atomic mass is 10.0. The van der Waals surface area contributed by atoms with E-state index in [0.717, 1.165) is 11.1 Å². The average Bonchev–Trinajstić information content (AvgIpc) is 2.56. The Labute approximate surface area is 141 Å². The minimum absolute atomic E-state index is 0.00493. The molecule has 0 aliphatic rings. The van der Waals surface area contributed by atoms with E-state index < -0.39 is 0 Å². The van der Waals surface area contributed by atoms with Crippen molar-refractivity contribution in [2.75, 3.05) is 7.11 Å². The van der Waals surface area contributed by atoms with Gasteiger partial charge in [-0.15, -0.1) is 0 Å². The van der Waals surface area contributed by atoms with Gasteiger partial charge >= 0.3 is 0 Å². The second-order valence-electron chi connectivity index (χ2n) is 5.42. The number of rotatable bonds is 7. The van der Waals surface area contributed by atoms with E-state index in [2.05, 4.69) is 10.3 Å². The zero-order chi connectivity index (χ0) is 16.7. The molecule has 2 aromatic rings. The van der Waals surface area contributed by atoms with Crippen LogP contribution in [0.2, 0.25) is 5.02 Å². The lowest BCUT2D eigenvalue weighted by molar-refractivity contribution is -0.122. The number of aryl methyl sites for hydroxylation is 1. The highest BCUT2D eigenvalue weighted by Crippen LogP contribution is 2.22. The van der Waals surface area contributed by atoms with Gasteiger partial charge < -0.3 is 10.1 Å². The molecule has 2 unspecified atom stereocenters. The van der Waals surface area contributed by atoms with Gasteiger partial charge in [-0.3, -0.25) is 9.78 Å². The van der Waals surface area contributed by atoms with Crippen LogP contribution in [0.4, 0.5) is 0 Å². The number of benzene rings is 1. The molecule has 0 saturated carbocycles. The number of carbonyl (C=O) groups is 1. The van der Waals surface area contributed by atoms with E-state index in [1.807, 2.05) is 43.3 Å². The number of amides is 1. The van der Waals surface area contributed by atoms with Crippen molar-refractivity contribution < 1.29 is 9.53 Å². The molecule has 1 N–H and O–H groups in total. The highest BCUT2D eigenvalue weighted by molar-refractivity contribution is 6.30. The van der Waals surface area contributed by atoms with Gasteiger partial charge in [0.15, 0.2) is 0 Å². The van der Waals surface area contributed by atoms with E-state index in [0.29, 0.717) is 17.9 Å². The topological polar surface area (TPSA) is 51.2 Å². The molecular weight excluding hydrogens is 312 g/mol. The second-order valence-corrected chi connectivity index (χ2v) is 5.86. The average molecular weight is 333 g/mol. The van der Waals surface area contributed by atoms with Crippen molar-refractivity contribution in [1.82, 2.24) is 10.3 Å². The Morgan fingerprint density at radius 2 is 1.87 bits per heavy atom. The first-order chi connectivity index (χ1) is 11.1.